The van der Waals surface area contributed by atoms with Crippen LogP contribution in [-0.4, -0.2) is 37.8 Å². The Labute approximate surface area is 108 Å². The number of nitrogens with one attached hydrogen (secondary N) is 1. The highest BCUT2D eigenvalue weighted by atomic mass is 16.5. The summed E-state index contributed by atoms with van der Waals surface area (Å²) in [6.07, 6.45) is 5.74. The number of ether oxygens (including phenoxy) is 1. The van der Waals surface area contributed by atoms with Gasteiger partial charge in [-0.1, -0.05) is 12.5 Å². The van der Waals surface area contributed by atoms with Gasteiger partial charge in [-0.2, -0.15) is 0 Å². The van der Waals surface area contributed by atoms with Crippen LogP contribution in [0.1, 0.15) is 30.9 Å². The zero-order valence-corrected chi connectivity index (χ0v) is 10.8. The molecule has 0 saturated carbocycles. The van der Waals surface area contributed by atoms with Crippen LogP contribution in [0, 0.1) is 0 Å². The summed E-state index contributed by atoms with van der Waals surface area (Å²) in [7, 11) is 0. The third-order valence-corrected chi connectivity index (χ3v) is 3.81. The van der Waals surface area contributed by atoms with E-state index in [9.17, 15) is 0 Å². The van der Waals surface area contributed by atoms with Crippen molar-refractivity contribution in [2.45, 2.75) is 25.3 Å². The summed E-state index contributed by atoms with van der Waals surface area (Å²) in [6, 6.07) is 4.75. The van der Waals surface area contributed by atoms with Gasteiger partial charge in [0.2, 0.25) is 0 Å². The second kappa shape index (κ2) is 5.67. The van der Waals surface area contributed by atoms with E-state index < -0.39 is 0 Å². The van der Waals surface area contributed by atoms with Crippen molar-refractivity contribution in [3.8, 4) is 0 Å². The van der Waals surface area contributed by atoms with Gasteiger partial charge in [-0.25, -0.2) is 4.98 Å². The van der Waals surface area contributed by atoms with Crippen LogP contribution in [0.15, 0.2) is 18.3 Å². The van der Waals surface area contributed by atoms with Crippen LogP contribution in [0.4, 0.5) is 5.82 Å². The Balaban J connectivity index is 1.83. The van der Waals surface area contributed by atoms with Gasteiger partial charge in [0.15, 0.2) is 0 Å². The molecule has 1 aromatic rings. The van der Waals surface area contributed by atoms with E-state index in [1.54, 1.807) is 0 Å². The van der Waals surface area contributed by atoms with Gasteiger partial charge in [0, 0.05) is 30.9 Å². The van der Waals surface area contributed by atoms with E-state index in [0.717, 1.165) is 38.7 Å². The largest absolute Gasteiger partial charge is 0.378 e. The summed E-state index contributed by atoms with van der Waals surface area (Å²) in [5, 5.41) is 3.62. The van der Waals surface area contributed by atoms with E-state index in [0.29, 0.717) is 6.04 Å². The van der Waals surface area contributed by atoms with Crippen LogP contribution in [0.25, 0.3) is 0 Å². The molecule has 1 aromatic heterocycles. The lowest BCUT2D eigenvalue weighted by molar-refractivity contribution is 0.122. The van der Waals surface area contributed by atoms with Gasteiger partial charge < -0.3 is 15.0 Å². The van der Waals surface area contributed by atoms with Crippen molar-refractivity contribution in [1.29, 1.82) is 0 Å². The van der Waals surface area contributed by atoms with E-state index in [-0.39, 0.29) is 0 Å². The van der Waals surface area contributed by atoms with Crippen molar-refractivity contribution in [1.82, 2.24) is 10.3 Å². The molecular weight excluding hydrogens is 226 g/mol. The van der Waals surface area contributed by atoms with Crippen LogP contribution in [0.2, 0.25) is 0 Å². The van der Waals surface area contributed by atoms with Crippen LogP contribution in [0.5, 0.6) is 0 Å². The van der Waals surface area contributed by atoms with E-state index in [1.807, 2.05) is 6.20 Å². The third kappa shape index (κ3) is 2.49. The molecule has 0 bridgehead atoms. The number of anilines is 1. The lowest BCUT2D eigenvalue weighted by Gasteiger charge is -2.32. The smallest absolute Gasteiger partial charge is 0.133 e. The predicted molar refractivity (Wildman–Crippen MR) is 71.9 cm³/mol. The minimum absolute atomic E-state index is 0.477. The van der Waals surface area contributed by atoms with Gasteiger partial charge in [0.25, 0.3) is 0 Å². The summed E-state index contributed by atoms with van der Waals surface area (Å²) in [4.78, 5) is 6.96. The number of pyridine rings is 1. The third-order valence-electron chi connectivity index (χ3n) is 3.81. The maximum absolute atomic E-state index is 5.42. The van der Waals surface area contributed by atoms with Crippen molar-refractivity contribution in [2.75, 3.05) is 37.7 Å². The molecule has 4 heteroatoms. The minimum Gasteiger partial charge on any atom is -0.378 e. The predicted octanol–water partition coefficient (Wildman–Crippen LogP) is 1.73. The minimum atomic E-state index is 0.477. The van der Waals surface area contributed by atoms with Gasteiger partial charge in [0.05, 0.1) is 13.2 Å². The highest BCUT2D eigenvalue weighted by Crippen LogP contribution is 2.29. The molecule has 3 rings (SSSR count). The molecule has 98 valence electrons. The molecule has 0 aliphatic carbocycles. The molecule has 0 amide bonds. The second-order valence-corrected chi connectivity index (χ2v) is 5.02. The number of piperidine rings is 1. The van der Waals surface area contributed by atoms with Crippen molar-refractivity contribution >= 4 is 5.82 Å². The molecule has 18 heavy (non-hydrogen) atoms. The standard InChI is InChI=1S/C14H21N3O/c1-2-6-15-13(5-1)12-4-3-7-16-14(12)17-8-10-18-11-9-17/h3-4,7,13,15H,1-2,5-6,8-11H2. The number of nitrogens with zero attached hydrogens (tertiary/aromatic N) is 2. The Morgan fingerprint density at radius 3 is 2.94 bits per heavy atom. The van der Waals surface area contributed by atoms with Crippen molar-refractivity contribution in [3.05, 3.63) is 23.9 Å². The fourth-order valence-corrected chi connectivity index (χ4v) is 2.84. The molecular formula is C14H21N3O. The monoisotopic (exact) mass is 247 g/mol. The highest BCUT2D eigenvalue weighted by Gasteiger charge is 2.22. The molecule has 2 aliphatic rings. The number of aromatic nitrogens is 1. The van der Waals surface area contributed by atoms with Gasteiger partial charge in [-0.3, -0.25) is 0 Å². The van der Waals surface area contributed by atoms with Gasteiger partial charge in [-0.05, 0) is 25.5 Å². The molecule has 1 atom stereocenters. The number of morpholine rings is 1. The quantitative estimate of drug-likeness (QED) is 0.863. The zero-order valence-electron chi connectivity index (χ0n) is 10.8. The summed E-state index contributed by atoms with van der Waals surface area (Å²) >= 11 is 0. The van der Waals surface area contributed by atoms with E-state index >= 15 is 0 Å². The first-order valence-electron chi connectivity index (χ1n) is 6.96. The molecule has 0 radical (unpaired) electrons. The number of rotatable bonds is 2. The van der Waals surface area contributed by atoms with Crippen molar-refractivity contribution in [3.63, 3.8) is 0 Å². The molecule has 0 aromatic carbocycles. The summed E-state index contributed by atoms with van der Waals surface area (Å²) in [5.74, 6) is 1.15. The first-order chi connectivity index (χ1) is 8.95. The molecule has 1 unspecified atom stereocenters. The molecule has 0 spiro atoms. The fourth-order valence-electron chi connectivity index (χ4n) is 2.84. The maximum atomic E-state index is 5.42. The van der Waals surface area contributed by atoms with Crippen LogP contribution in [-0.2, 0) is 4.74 Å². The van der Waals surface area contributed by atoms with Crippen LogP contribution in [0.3, 0.4) is 0 Å². The lowest BCUT2D eigenvalue weighted by Crippen LogP contribution is -2.38. The zero-order chi connectivity index (χ0) is 12.2. The van der Waals surface area contributed by atoms with E-state index in [1.165, 1.54) is 24.8 Å². The number of hydrogen-bond acceptors (Lipinski definition) is 4. The normalized spacial score (nSPS) is 25.1. The molecule has 2 saturated heterocycles. The molecule has 2 aliphatic heterocycles. The van der Waals surface area contributed by atoms with Crippen molar-refractivity contribution in [2.24, 2.45) is 0 Å². The molecule has 3 heterocycles. The Morgan fingerprint density at radius 2 is 2.17 bits per heavy atom. The maximum Gasteiger partial charge on any atom is 0.133 e. The van der Waals surface area contributed by atoms with Gasteiger partial charge >= 0.3 is 0 Å². The van der Waals surface area contributed by atoms with Crippen LogP contribution >= 0.6 is 0 Å². The topological polar surface area (TPSA) is 37.4 Å². The average molecular weight is 247 g/mol. The highest BCUT2D eigenvalue weighted by molar-refractivity contribution is 5.48. The Bertz CT molecular complexity index is 347. The first kappa shape index (κ1) is 11.9. The van der Waals surface area contributed by atoms with E-state index in [4.69, 9.17) is 4.74 Å². The fraction of sp³-hybridized carbons (Fsp3) is 0.643. The number of hydrogen-bond donors (Lipinski definition) is 1. The lowest BCUT2D eigenvalue weighted by atomic mass is 9.97. The summed E-state index contributed by atoms with van der Waals surface area (Å²) in [5.41, 5.74) is 1.36. The first-order valence-corrected chi connectivity index (χ1v) is 6.96. The van der Waals surface area contributed by atoms with Gasteiger partial charge in [-0.15, -0.1) is 0 Å². The molecule has 1 N–H and O–H groups in total. The Hall–Kier alpha value is -1.13. The SMILES string of the molecule is c1cnc(N2CCOCC2)c(C2CCCCN2)c1. The van der Waals surface area contributed by atoms with Crippen LogP contribution < -0.4 is 10.2 Å². The summed E-state index contributed by atoms with van der Waals surface area (Å²) < 4.78 is 5.42. The van der Waals surface area contributed by atoms with Gasteiger partial charge in [0.1, 0.15) is 5.82 Å². The van der Waals surface area contributed by atoms with Crippen molar-refractivity contribution < 1.29 is 4.74 Å². The summed E-state index contributed by atoms with van der Waals surface area (Å²) in [6.45, 7) is 4.66. The molecule has 2 fully saturated rings. The Morgan fingerprint density at radius 1 is 1.28 bits per heavy atom. The van der Waals surface area contributed by atoms with E-state index in [2.05, 4.69) is 27.3 Å². The second-order valence-electron chi connectivity index (χ2n) is 5.02. The average Bonchev–Trinajstić information content (AvgIpc) is 2.49. The Kier molecular flexibility index (Phi) is 3.76. The molecule has 4 nitrogen and oxygen atoms in total.